The molecule has 2 aromatic rings. The second kappa shape index (κ2) is 5.59. The number of aromatic nitrogens is 4. The molecule has 0 fully saturated rings. The van der Waals surface area contributed by atoms with E-state index in [2.05, 4.69) is 27.5 Å². The monoisotopic (exact) mass is 247 g/mol. The zero-order valence-electron chi connectivity index (χ0n) is 10.8. The van der Waals surface area contributed by atoms with Crippen LogP contribution in [0, 0.1) is 0 Å². The van der Waals surface area contributed by atoms with Crippen LogP contribution >= 0.6 is 0 Å². The van der Waals surface area contributed by atoms with E-state index < -0.39 is 0 Å². The van der Waals surface area contributed by atoms with Gasteiger partial charge in [-0.05, 0) is 20.0 Å². The SMILES string of the molecule is CCn1cc(C(NC)c2ccc(OC)nn2)cn1. The minimum atomic E-state index is -0.0105. The van der Waals surface area contributed by atoms with E-state index in [0.29, 0.717) is 5.88 Å². The van der Waals surface area contributed by atoms with Gasteiger partial charge in [-0.25, -0.2) is 0 Å². The molecular formula is C12H17N5O. The van der Waals surface area contributed by atoms with Gasteiger partial charge in [-0.3, -0.25) is 4.68 Å². The molecule has 0 saturated heterocycles. The van der Waals surface area contributed by atoms with Crippen molar-refractivity contribution in [2.24, 2.45) is 0 Å². The maximum Gasteiger partial charge on any atom is 0.233 e. The van der Waals surface area contributed by atoms with Crippen LogP contribution in [-0.2, 0) is 6.54 Å². The predicted octanol–water partition coefficient (Wildman–Crippen LogP) is 1.01. The number of aryl methyl sites for hydroxylation is 1. The lowest BCUT2D eigenvalue weighted by molar-refractivity contribution is 0.390. The Labute approximate surface area is 106 Å². The van der Waals surface area contributed by atoms with E-state index >= 15 is 0 Å². The van der Waals surface area contributed by atoms with E-state index in [1.54, 1.807) is 13.2 Å². The minimum Gasteiger partial charge on any atom is -0.480 e. The molecule has 6 nitrogen and oxygen atoms in total. The summed E-state index contributed by atoms with van der Waals surface area (Å²) < 4.78 is 6.88. The van der Waals surface area contributed by atoms with E-state index in [-0.39, 0.29) is 6.04 Å². The maximum atomic E-state index is 5.00. The Balaban J connectivity index is 2.26. The molecule has 2 rings (SSSR count). The summed E-state index contributed by atoms with van der Waals surface area (Å²) in [6.07, 6.45) is 3.85. The number of ether oxygens (including phenoxy) is 1. The lowest BCUT2D eigenvalue weighted by atomic mass is 10.1. The van der Waals surface area contributed by atoms with Gasteiger partial charge in [0.15, 0.2) is 0 Å². The zero-order chi connectivity index (χ0) is 13.0. The number of nitrogens with one attached hydrogen (secondary N) is 1. The fraction of sp³-hybridized carbons (Fsp3) is 0.417. The van der Waals surface area contributed by atoms with Crippen LogP contribution in [0.2, 0.25) is 0 Å². The first-order chi connectivity index (χ1) is 8.78. The number of nitrogens with zero attached hydrogens (tertiary/aromatic N) is 4. The van der Waals surface area contributed by atoms with Crippen molar-refractivity contribution in [1.82, 2.24) is 25.3 Å². The normalized spacial score (nSPS) is 12.4. The maximum absolute atomic E-state index is 5.00. The molecule has 0 aromatic carbocycles. The van der Waals surface area contributed by atoms with Gasteiger partial charge in [-0.2, -0.15) is 5.10 Å². The van der Waals surface area contributed by atoms with Crippen LogP contribution in [0.25, 0.3) is 0 Å². The average molecular weight is 247 g/mol. The molecule has 0 saturated carbocycles. The molecule has 0 aliphatic heterocycles. The van der Waals surface area contributed by atoms with Crippen molar-refractivity contribution in [2.45, 2.75) is 19.5 Å². The van der Waals surface area contributed by atoms with Gasteiger partial charge in [0.25, 0.3) is 0 Å². The summed E-state index contributed by atoms with van der Waals surface area (Å²) in [4.78, 5) is 0. The standard InChI is InChI=1S/C12H17N5O/c1-4-17-8-9(7-14-17)12(13-2)10-5-6-11(18-3)16-15-10/h5-8,12-13H,4H2,1-3H3. The third-order valence-corrected chi connectivity index (χ3v) is 2.76. The summed E-state index contributed by atoms with van der Waals surface area (Å²) in [6.45, 7) is 2.91. The Hall–Kier alpha value is -1.95. The predicted molar refractivity (Wildman–Crippen MR) is 67.4 cm³/mol. The molecule has 6 heteroatoms. The van der Waals surface area contributed by atoms with Gasteiger partial charge >= 0.3 is 0 Å². The summed E-state index contributed by atoms with van der Waals surface area (Å²) >= 11 is 0. The molecule has 1 unspecified atom stereocenters. The van der Waals surface area contributed by atoms with E-state index in [1.807, 2.05) is 30.2 Å². The number of methoxy groups -OCH3 is 1. The summed E-state index contributed by atoms with van der Waals surface area (Å²) in [5.41, 5.74) is 1.91. The Morgan fingerprint density at radius 2 is 2.22 bits per heavy atom. The van der Waals surface area contributed by atoms with Crippen molar-refractivity contribution >= 4 is 0 Å². The molecule has 18 heavy (non-hydrogen) atoms. The minimum absolute atomic E-state index is 0.0105. The van der Waals surface area contributed by atoms with Crippen molar-refractivity contribution in [3.63, 3.8) is 0 Å². The molecule has 2 heterocycles. The topological polar surface area (TPSA) is 64.9 Å². The van der Waals surface area contributed by atoms with Crippen molar-refractivity contribution in [2.75, 3.05) is 14.2 Å². The first kappa shape index (κ1) is 12.5. The molecule has 1 atom stereocenters. The largest absolute Gasteiger partial charge is 0.480 e. The van der Waals surface area contributed by atoms with Crippen LogP contribution in [0.1, 0.15) is 24.2 Å². The van der Waals surface area contributed by atoms with Gasteiger partial charge < -0.3 is 10.1 Å². The first-order valence-electron chi connectivity index (χ1n) is 5.85. The molecule has 2 aromatic heterocycles. The summed E-state index contributed by atoms with van der Waals surface area (Å²) in [5.74, 6) is 0.512. The summed E-state index contributed by atoms with van der Waals surface area (Å²) in [7, 11) is 3.46. The second-order valence-electron chi connectivity index (χ2n) is 3.85. The molecule has 0 spiro atoms. The van der Waals surface area contributed by atoms with Crippen molar-refractivity contribution < 1.29 is 4.74 Å². The van der Waals surface area contributed by atoms with E-state index in [4.69, 9.17) is 4.74 Å². The highest BCUT2D eigenvalue weighted by Gasteiger charge is 2.15. The van der Waals surface area contributed by atoms with Gasteiger partial charge in [0, 0.05) is 24.4 Å². The van der Waals surface area contributed by atoms with Crippen molar-refractivity contribution in [3.05, 3.63) is 35.8 Å². The average Bonchev–Trinajstić information content (AvgIpc) is 2.89. The highest BCUT2D eigenvalue weighted by Crippen LogP contribution is 2.19. The highest BCUT2D eigenvalue weighted by atomic mass is 16.5. The van der Waals surface area contributed by atoms with Crippen LogP contribution in [0.4, 0.5) is 0 Å². The number of hydrogen-bond donors (Lipinski definition) is 1. The molecular weight excluding hydrogens is 230 g/mol. The van der Waals surface area contributed by atoms with Crippen LogP contribution in [0.5, 0.6) is 5.88 Å². The molecule has 96 valence electrons. The van der Waals surface area contributed by atoms with Crippen molar-refractivity contribution in [3.8, 4) is 5.88 Å². The quantitative estimate of drug-likeness (QED) is 0.854. The second-order valence-corrected chi connectivity index (χ2v) is 3.85. The molecule has 0 radical (unpaired) electrons. The van der Waals surface area contributed by atoms with Crippen LogP contribution in [0.15, 0.2) is 24.5 Å². The summed E-state index contributed by atoms with van der Waals surface area (Å²) in [5, 5.41) is 15.6. The van der Waals surface area contributed by atoms with Crippen LogP contribution in [0.3, 0.4) is 0 Å². The molecule has 0 bridgehead atoms. The van der Waals surface area contributed by atoms with Crippen LogP contribution in [-0.4, -0.2) is 34.1 Å². The Kier molecular flexibility index (Phi) is 3.88. The van der Waals surface area contributed by atoms with E-state index in [9.17, 15) is 0 Å². The Morgan fingerprint density at radius 1 is 1.39 bits per heavy atom. The Morgan fingerprint density at radius 3 is 2.72 bits per heavy atom. The molecule has 0 aliphatic rings. The lowest BCUT2D eigenvalue weighted by Gasteiger charge is -2.13. The fourth-order valence-electron chi connectivity index (χ4n) is 1.78. The number of hydrogen-bond acceptors (Lipinski definition) is 5. The third kappa shape index (κ3) is 2.48. The Bertz CT molecular complexity index is 493. The van der Waals surface area contributed by atoms with E-state index in [0.717, 1.165) is 17.8 Å². The third-order valence-electron chi connectivity index (χ3n) is 2.76. The summed E-state index contributed by atoms with van der Waals surface area (Å²) in [6, 6.07) is 3.69. The number of rotatable bonds is 5. The molecule has 1 N–H and O–H groups in total. The highest BCUT2D eigenvalue weighted by molar-refractivity contribution is 5.24. The van der Waals surface area contributed by atoms with Crippen LogP contribution < -0.4 is 10.1 Å². The van der Waals surface area contributed by atoms with Crippen molar-refractivity contribution in [1.29, 1.82) is 0 Å². The fourth-order valence-corrected chi connectivity index (χ4v) is 1.78. The van der Waals surface area contributed by atoms with Gasteiger partial charge in [-0.15, -0.1) is 10.2 Å². The smallest absolute Gasteiger partial charge is 0.233 e. The van der Waals surface area contributed by atoms with Gasteiger partial charge in [-0.1, -0.05) is 0 Å². The first-order valence-corrected chi connectivity index (χ1v) is 5.85. The molecule has 0 aliphatic carbocycles. The van der Waals surface area contributed by atoms with Gasteiger partial charge in [0.2, 0.25) is 5.88 Å². The zero-order valence-corrected chi connectivity index (χ0v) is 10.8. The lowest BCUT2D eigenvalue weighted by Crippen LogP contribution is -2.19. The van der Waals surface area contributed by atoms with E-state index in [1.165, 1.54) is 0 Å². The van der Waals surface area contributed by atoms with Gasteiger partial charge in [0.1, 0.15) is 0 Å². The van der Waals surface area contributed by atoms with Gasteiger partial charge in [0.05, 0.1) is 25.0 Å². The molecule has 0 amide bonds.